The van der Waals surface area contributed by atoms with Crippen LogP contribution >= 0.6 is 27.7 Å². The van der Waals surface area contributed by atoms with Crippen LogP contribution in [0.2, 0.25) is 0 Å². The van der Waals surface area contributed by atoms with Gasteiger partial charge in [0.2, 0.25) is 0 Å². The molecule has 0 aliphatic heterocycles. The molecule has 0 atom stereocenters. The molecule has 3 amide bonds. The fourth-order valence-corrected chi connectivity index (χ4v) is 3.94. The number of hydrogen-bond acceptors (Lipinski definition) is 6. The Kier molecular flexibility index (Phi) is 7.31. The molecule has 1 aromatic heterocycles. The number of hydrogen-bond donors (Lipinski definition) is 2. The minimum atomic E-state index is -0.692. The number of nitrogens with zero attached hydrogens (tertiary/aromatic N) is 1. The Bertz CT molecular complexity index is 1040. The van der Waals surface area contributed by atoms with Crippen LogP contribution in [0.1, 0.15) is 10.4 Å². The molecule has 2 aromatic carbocycles. The molecular formula is C21H18BrN3O4S. The van der Waals surface area contributed by atoms with Gasteiger partial charge in [-0.25, -0.2) is 9.78 Å². The highest BCUT2D eigenvalue weighted by Gasteiger charge is 2.20. The number of aromatic nitrogens is 1. The summed E-state index contributed by atoms with van der Waals surface area (Å²) in [5, 5.41) is 5.63. The van der Waals surface area contributed by atoms with E-state index in [1.165, 1.54) is 32.2 Å². The lowest BCUT2D eigenvalue weighted by molar-refractivity contribution is 0.0961. The van der Waals surface area contributed by atoms with Crippen LogP contribution in [0.4, 0.5) is 10.5 Å². The zero-order chi connectivity index (χ0) is 21.5. The number of nitrogens with one attached hydrogen (secondary N) is 2. The summed E-state index contributed by atoms with van der Waals surface area (Å²) in [4.78, 5) is 30.1. The zero-order valence-electron chi connectivity index (χ0n) is 16.1. The van der Waals surface area contributed by atoms with E-state index < -0.39 is 11.9 Å². The lowest BCUT2D eigenvalue weighted by Gasteiger charge is -2.13. The van der Waals surface area contributed by atoms with Crippen LogP contribution in [-0.2, 0) is 0 Å². The molecule has 2 N–H and O–H groups in total. The van der Waals surface area contributed by atoms with Gasteiger partial charge in [-0.3, -0.25) is 10.1 Å². The Morgan fingerprint density at radius 1 is 1.00 bits per heavy atom. The van der Waals surface area contributed by atoms with E-state index in [1.807, 2.05) is 24.3 Å². The third-order valence-corrected chi connectivity index (χ3v) is 5.33. The van der Waals surface area contributed by atoms with Crippen LogP contribution in [0.25, 0.3) is 0 Å². The summed E-state index contributed by atoms with van der Waals surface area (Å²) in [6.45, 7) is 0. The van der Waals surface area contributed by atoms with E-state index in [0.29, 0.717) is 17.2 Å². The van der Waals surface area contributed by atoms with Gasteiger partial charge in [0, 0.05) is 9.37 Å². The minimum absolute atomic E-state index is 0.136. The van der Waals surface area contributed by atoms with E-state index >= 15 is 0 Å². The monoisotopic (exact) mass is 487 g/mol. The van der Waals surface area contributed by atoms with Crippen molar-refractivity contribution in [3.8, 4) is 11.5 Å². The van der Waals surface area contributed by atoms with Gasteiger partial charge in [0.15, 0.2) is 0 Å². The molecule has 0 aliphatic carbocycles. The first-order valence-corrected chi connectivity index (χ1v) is 10.3. The summed E-state index contributed by atoms with van der Waals surface area (Å²) in [6.07, 6.45) is 1.52. The SMILES string of the molecule is COc1cccc(OC)c1C(=O)NC(=O)Nc1ccc(Sc2cccc(Br)c2)nc1. The minimum Gasteiger partial charge on any atom is -0.496 e. The molecule has 0 bridgehead atoms. The fourth-order valence-electron chi connectivity index (χ4n) is 2.57. The first-order valence-electron chi connectivity index (χ1n) is 8.73. The number of pyridine rings is 1. The molecule has 3 rings (SSSR count). The van der Waals surface area contributed by atoms with Gasteiger partial charge >= 0.3 is 6.03 Å². The van der Waals surface area contributed by atoms with Gasteiger partial charge in [-0.15, -0.1) is 0 Å². The maximum Gasteiger partial charge on any atom is 0.326 e. The Hall–Kier alpha value is -3.04. The fraction of sp³-hybridized carbons (Fsp3) is 0.0952. The number of ether oxygens (including phenoxy) is 2. The normalized spacial score (nSPS) is 10.2. The summed E-state index contributed by atoms with van der Waals surface area (Å²) in [6, 6.07) is 15.6. The van der Waals surface area contributed by atoms with Crippen LogP contribution in [0.15, 0.2) is 75.2 Å². The van der Waals surface area contributed by atoms with Gasteiger partial charge in [-0.05, 0) is 42.5 Å². The Morgan fingerprint density at radius 2 is 1.70 bits per heavy atom. The highest BCUT2D eigenvalue weighted by molar-refractivity contribution is 9.10. The number of halogens is 1. The van der Waals surface area contributed by atoms with Gasteiger partial charge in [-0.2, -0.15) is 0 Å². The molecule has 3 aromatic rings. The van der Waals surface area contributed by atoms with Crippen LogP contribution in [-0.4, -0.2) is 31.1 Å². The standard InChI is InChI=1S/C21H18BrN3O4S/c1-28-16-7-4-8-17(29-2)19(16)20(26)25-21(27)24-14-9-10-18(23-12-14)30-15-6-3-5-13(22)11-15/h3-12H,1-2H3,(H2,24,25,26,27). The molecule has 30 heavy (non-hydrogen) atoms. The molecule has 7 nitrogen and oxygen atoms in total. The average Bonchev–Trinajstić information content (AvgIpc) is 2.74. The number of benzene rings is 2. The number of rotatable bonds is 6. The molecule has 0 aliphatic rings. The highest BCUT2D eigenvalue weighted by atomic mass is 79.9. The summed E-state index contributed by atoms with van der Waals surface area (Å²) in [5.41, 5.74) is 0.586. The van der Waals surface area contributed by atoms with E-state index in [0.717, 1.165) is 14.4 Å². The van der Waals surface area contributed by atoms with Gasteiger partial charge in [0.05, 0.1) is 26.1 Å². The maximum absolute atomic E-state index is 12.5. The van der Waals surface area contributed by atoms with Crippen molar-refractivity contribution in [3.63, 3.8) is 0 Å². The summed E-state index contributed by atoms with van der Waals surface area (Å²) in [7, 11) is 2.87. The van der Waals surface area contributed by atoms with E-state index in [1.54, 1.807) is 30.3 Å². The van der Waals surface area contributed by atoms with Crippen LogP contribution < -0.4 is 20.1 Å². The second-order valence-electron chi connectivity index (χ2n) is 5.89. The van der Waals surface area contributed by atoms with Crippen LogP contribution in [0, 0.1) is 0 Å². The predicted molar refractivity (Wildman–Crippen MR) is 119 cm³/mol. The summed E-state index contributed by atoms with van der Waals surface area (Å²) < 4.78 is 11.4. The molecule has 0 radical (unpaired) electrons. The molecule has 0 fully saturated rings. The number of carbonyl (C=O) groups is 2. The van der Waals surface area contributed by atoms with Crippen molar-refractivity contribution in [1.29, 1.82) is 0 Å². The Balaban J connectivity index is 1.63. The molecule has 0 saturated carbocycles. The highest BCUT2D eigenvalue weighted by Crippen LogP contribution is 2.29. The van der Waals surface area contributed by atoms with E-state index in [2.05, 4.69) is 31.5 Å². The van der Waals surface area contributed by atoms with Crippen molar-refractivity contribution >= 4 is 45.3 Å². The van der Waals surface area contributed by atoms with Crippen molar-refractivity contribution in [3.05, 3.63) is 70.8 Å². The van der Waals surface area contributed by atoms with Gasteiger partial charge in [0.1, 0.15) is 22.1 Å². The molecule has 0 spiro atoms. The maximum atomic E-state index is 12.5. The third kappa shape index (κ3) is 5.52. The number of anilines is 1. The number of methoxy groups -OCH3 is 2. The van der Waals surface area contributed by atoms with Gasteiger partial charge < -0.3 is 14.8 Å². The largest absolute Gasteiger partial charge is 0.496 e. The van der Waals surface area contributed by atoms with Crippen molar-refractivity contribution in [1.82, 2.24) is 10.3 Å². The molecule has 154 valence electrons. The quantitative estimate of drug-likeness (QED) is 0.509. The summed E-state index contributed by atoms with van der Waals surface area (Å²) >= 11 is 4.93. The van der Waals surface area contributed by atoms with Crippen LogP contribution in [0.3, 0.4) is 0 Å². The number of amides is 3. The van der Waals surface area contributed by atoms with Crippen molar-refractivity contribution in [2.45, 2.75) is 9.92 Å². The van der Waals surface area contributed by atoms with Crippen molar-refractivity contribution in [2.75, 3.05) is 19.5 Å². The van der Waals surface area contributed by atoms with Crippen molar-refractivity contribution in [2.24, 2.45) is 0 Å². The van der Waals surface area contributed by atoms with Crippen molar-refractivity contribution < 1.29 is 19.1 Å². The predicted octanol–water partition coefficient (Wildman–Crippen LogP) is 4.97. The lowest BCUT2D eigenvalue weighted by atomic mass is 10.1. The third-order valence-electron chi connectivity index (χ3n) is 3.89. The lowest BCUT2D eigenvalue weighted by Crippen LogP contribution is -2.34. The number of urea groups is 1. The zero-order valence-corrected chi connectivity index (χ0v) is 18.5. The molecule has 0 saturated heterocycles. The van der Waals surface area contributed by atoms with Gasteiger partial charge in [-0.1, -0.05) is 39.8 Å². The first-order chi connectivity index (χ1) is 14.5. The molecule has 1 heterocycles. The van der Waals surface area contributed by atoms with E-state index in [-0.39, 0.29) is 5.56 Å². The van der Waals surface area contributed by atoms with Crippen LogP contribution in [0.5, 0.6) is 11.5 Å². The Labute approximate surface area is 186 Å². The Morgan fingerprint density at radius 3 is 2.30 bits per heavy atom. The second kappa shape index (κ2) is 10.1. The van der Waals surface area contributed by atoms with Gasteiger partial charge in [0.25, 0.3) is 5.91 Å². The molecular weight excluding hydrogens is 470 g/mol. The number of carbonyl (C=O) groups excluding carboxylic acids is 2. The average molecular weight is 488 g/mol. The topological polar surface area (TPSA) is 89.5 Å². The first kappa shape index (κ1) is 21.7. The van der Waals surface area contributed by atoms with E-state index in [4.69, 9.17) is 9.47 Å². The second-order valence-corrected chi connectivity index (χ2v) is 7.90. The van der Waals surface area contributed by atoms with E-state index in [9.17, 15) is 9.59 Å². The smallest absolute Gasteiger partial charge is 0.326 e. The number of imide groups is 1. The molecule has 0 unspecified atom stereocenters. The molecule has 9 heteroatoms. The summed E-state index contributed by atoms with van der Waals surface area (Å²) in [5.74, 6) is -0.0397.